The Balaban J connectivity index is 1.36. The second kappa shape index (κ2) is 11.7. The number of rotatable bonds is 7. The first-order chi connectivity index (χ1) is 20.1. The number of hydrogen-bond donors (Lipinski definition) is 1. The average Bonchev–Trinajstić information content (AvgIpc) is 2.98. The van der Waals surface area contributed by atoms with Gasteiger partial charge in [-0.15, -0.1) is 0 Å². The van der Waals surface area contributed by atoms with Crippen LogP contribution >= 0.6 is 11.6 Å². The highest BCUT2D eigenvalue weighted by molar-refractivity contribution is 6.32. The van der Waals surface area contributed by atoms with Crippen LogP contribution in [0.1, 0.15) is 34.8 Å². The first-order valence-corrected chi connectivity index (χ1v) is 13.2. The molecule has 42 heavy (non-hydrogen) atoms. The fourth-order valence-electron chi connectivity index (χ4n) is 4.47. The molecule has 1 aromatic heterocycles. The normalized spacial score (nSPS) is 16.1. The maximum Gasteiger partial charge on any atom is 0.416 e. The van der Waals surface area contributed by atoms with E-state index in [-0.39, 0.29) is 41.9 Å². The molecule has 1 amide bonds. The minimum atomic E-state index is -4.46. The predicted octanol–water partition coefficient (Wildman–Crippen LogP) is 6.69. The summed E-state index contributed by atoms with van der Waals surface area (Å²) in [5, 5.41) is 2.62. The van der Waals surface area contributed by atoms with Crippen LogP contribution in [0, 0.1) is 0 Å². The van der Waals surface area contributed by atoms with E-state index >= 15 is 0 Å². The highest BCUT2D eigenvalue weighted by Crippen LogP contribution is 2.43. The van der Waals surface area contributed by atoms with E-state index in [1.54, 1.807) is 31.2 Å². The molecule has 0 radical (unpaired) electrons. The second-order valence-corrected chi connectivity index (χ2v) is 9.59. The molecule has 12 heteroatoms. The van der Waals surface area contributed by atoms with Crippen LogP contribution in [0.5, 0.6) is 11.5 Å². The maximum absolute atomic E-state index is 13.2. The molecule has 1 aliphatic heterocycles. The lowest BCUT2D eigenvalue weighted by molar-refractivity contribution is -0.165. The number of fused-ring (bicyclic) bond motifs is 1. The summed E-state index contributed by atoms with van der Waals surface area (Å²) >= 11 is 6.52. The number of amides is 1. The lowest BCUT2D eigenvalue weighted by Crippen LogP contribution is -2.46. The summed E-state index contributed by atoms with van der Waals surface area (Å²) in [4.78, 5) is 34.4. The largest absolute Gasteiger partial charge is 0.493 e. The zero-order valence-corrected chi connectivity index (χ0v) is 22.8. The van der Waals surface area contributed by atoms with Gasteiger partial charge in [0.15, 0.2) is 0 Å². The van der Waals surface area contributed by atoms with Crippen molar-refractivity contribution in [2.75, 3.05) is 18.5 Å². The number of aromatic nitrogens is 2. The van der Waals surface area contributed by atoms with E-state index in [0.717, 1.165) is 12.1 Å². The van der Waals surface area contributed by atoms with E-state index in [1.807, 2.05) is 0 Å². The van der Waals surface area contributed by atoms with Gasteiger partial charge in [0, 0.05) is 29.3 Å². The highest BCUT2D eigenvalue weighted by atomic mass is 35.5. The van der Waals surface area contributed by atoms with Gasteiger partial charge in [-0.3, -0.25) is 10.1 Å². The van der Waals surface area contributed by atoms with Crippen LogP contribution in [0.3, 0.4) is 0 Å². The fraction of sp³-hybridized carbons (Fsp3) is 0.200. The molecule has 8 nitrogen and oxygen atoms in total. The van der Waals surface area contributed by atoms with E-state index in [4.69, 9.17) is 25.8 Å². The van der Waals surface area contributed by atoms with Gasteiger partial charge in [-0.2, -0.15) is 13.2 Å². The zero-order valence-electron chi connectivity index (χ0n) is 22.1. The Morgan fingerprint density at radius 1 is 1.07 bits per heavy atom. The predicted molar refractivity (Wildman–Crippen MR) is 147 cm³/mol. The number of esters is 1. The number of nitrogens with one attached hydrogen (secondary N) is 1. The molecule has 3 aromatic carbocycles. The summed E-state index contributed by atoms with van der Waals surface area (Å²) in [7, 11) is 0. The van der Waals surface area contributed by atoms with Crippen molar-refractivity contribution in [2.45, 2.75) is 25.1 Å². The number of ether oxygens (including phenoxy) is 3. The van der Waals surface area contributed by atoms with Crippen molar-refractivity contribution in [1.82, 2.24) is 9.97 Å². The number of anilines is 1. The Bertz CT molecular complexity index is 1630. The summed E-state index contributed by atoms with van der Waals surface area (Å²) < 4.78 is 56.0. The van der Waals surface area contributed by atoms with Crippen molar-refractivity contribution in [1.29, 1.82) is 0 Å². The topological polar surface area (TPSA) is 99.6 Å². The van der Waals surface area contributed by atoms with E-state index in [2.05, 4.69) is 15.3 Å². The molecular weight excluding hydrogens is 575 g/mol. The average molecular weight is 598 g/mol. The molecule has 5 rings (SSSR count). The molecule has 0 spiro atoms. The van der Waals surface area contributed by atoms with Crippen molar-refractivity contribution in [3.05, 3.63) is 101 Å². The number of benzene rings is 3. The van der Waals surface area contributed by atoms with Crippen molar-refractivity contribution < 1.29 is 37.0 Å². The first kappa shape index (κ1) is 28.9. The van der Waals surface area contributed by atoms with Crippen molar-refractivity contribution in [3.8, 4) is 22.8 Å². The Kier molecular flexibility index (Phi) is 8.04. The quantitative estimate of drug-likeness (QED) is 0.237. The van der Waals surface area contributed by atoms with E-state index in [0.29, 0.717) is 22.6 Å². The van der Waals surface area contributed by atoms with Crippen LogP contribution in [0.15, 0.2) is 79.0 Å². The third kappa shape index (κ3) is 5.87. The van der Waals surface area contributed by atoms with Crippen LogP contribution in [-0.4, -0.2) is 35.1 Å². The summed E-state index contributed by atoms with van der Waals surface area (Å²) in [5.74, 6) is -0.608. The Morgan fingerprint density at radius 2 is 1.83 bits per heavy atom. The van der Waals surface area contributed by atoms with Crippen molar-refractivity contribution >= 4 is 29.4 Å². The summed E-state index contributed by atoms with van der Waals surface area (Å²) in [5.41, 5.74) is -0.920. The maximum atomic E-state index is 13.2. The van der Waals surface area contributed by atoms with Crippen LogP contribution in [0.2, 0.25) is 5.02 Å². The summed E-state index contributed by atoms with van der Waals surface area (Å²) in [6.45, 7) is 2.04. The van der Waals surface area contributed by atoms with Crippen LogP contribution < -0.4 is 14.8 Å². The number of halogens is 4. The number of carbonyl (C=O) groups is 2. The SMILES string of the molecule is CCOC(=O)C1(Oc2ccc(C(=O)Nc3nccc(-c4ccc(C(F)(F)F)cc4)n3)cc2Cl)CCOc2ccccc21. The lowest BCUT2D eigenvalue weighted by atomic mass is 9.87. The minimum absolute atomic E-state index is 0.0612. The molecule has 1 aliphatic rings. The molecule has 0 fully saturated rings. The number of hydrogen-bond acceptors (Lipinski definition) is 7. The number of alkyl halides is 3. The third-order valence-electron chi connectivity index (χ3n) is 6.51. The molecule has 216 valence electrons. The van der Waals surface area contributed by atoms with Gasteiger partial charge in [-0.1, -0.05) is 41.9 Å². The molecule has 0 saturated carbocycles. The number of carbonyl (C=O) groups excluding carboxylic acids is 2. The summed E-state index contributed by atoms with van der Waals surface area (Å²) in [6.07, 6.45) is -2.91. The smallest absolute Gasteiger partial charge is 0.416 e. The van der Waals surface area contributed by atoms with E-state index in [9.17, 15) is 22.8 Å². The van der Waals surface area contributed by atoms with Gasteiger partial charge in [0.2, 0.25) is 11.5 Å². The monoisotopic (exact) mass is 597 g/mol. The Morgan fingerprint density at radius 3 is 2.55 bits per heavy atom. The molecule has 1 N–H and O–H groups in total. The molecule has 0 aliphatic carbocycles. The van der Waals surface area contributed by atoms with Crippen LogP contribution in [0.4, 0.5) is 19.1 Å². The molecule has 0 saturated heterocycles. The van der Waals surface area contributed by atoms with Crippen LogP contribution in [0.25, 0.3) is 11.3 Å². The van der Waals surface area contributed by atoms with E-state index in [1.165, 1.54) is 42.6 Å². The Hall–Kier alpha value is -4.64. The second-order valence-electron chi connectivity index (χ2n) is 9.18. The molecule has 0 bridgehead atoms. The number of nitrogens with zero attached hydrogens (tertiary/aromatic N) is 2. The van der Waals surface area contributed by atoms with Gasteiger partial charge in [-0.25, -0.2) is 14.8 Å². The van der Waals surface area contributed by atoms with Gasteiger partial charge in [0.1, 0.15) is 11.5 Å². The van der Waals surface area contributed by atoms with Crippen molar-refractivity contribution in [3.63, 3.8) is 0 Å². The summed E-state index contributed by atoms with van der Waals surface area (Å²) in [6, 6.07) is 17.3. The van der Waals surface area contributed by atoms with Gasteiger partial charge in [-0.05, 0) is 49.4 Å². The van der Waals surface area contributed by atoms with E-state index < -0.39 is 29.2 Å². The van der Waals surface area contributed by atoms with Crippen LogP contribution in [-0.2, 0) is 21.3 Å². The number of para-hydroxylation sites is 1. The van der Waals surface area contributed by atoms with Gasteiger partial charge in [0.05, 0.1) is 29.5 Å². The van der Waals surface area contributed by atoms with Crippen molar-refractivity contribution in [2.24, 2.45) is 0 Å². The standard InChI is InChI=1S/C30H23ClF3N3O5/c1-2-40-27(39)29(14-16-41-24-6-4-3-5-21(24)29)42-25-12-9-19(17-22(25)31)26(38)37-28-35-15-13-23(36-28)18-7-10-20(11-8-18)30(32,33)34/h3-13,15,17H,2,14,16H2,1H3,(H,35,36,37,38). The third-order valence-corrected chi connectivity index (χ3v) is 6.80. The van der Waals surface area contributed by atoms with Gasteiger partial charge in [0.25, 0.3) is 5.91 Å². The zero-order chi connectivity index (χ0) is 29.9. The van der Waals surface area contributed by atoms with Gasteiger partial charge >= 0.3 is 12.1 Å². The molecular formula is C30H23ClF3N3O5. The highest BCUT2D eigenvalue weighted by Gasteiger charge is 2.49. The minimum Gasteiger partial charge on any atom is -0.493 e. The fourth-order valence-corrected chi connectivity index (χ4v) is 4.69. The molecule has 1 atom stereocenters. The lowest BCUT2D eigenvalue weighted by Gasteiger charge is -2.37. The molecule has 2 heterocycles. The van der Waals surface area contributed by atoms with Gasteiger partial charge < -0.3 is 14.2 Å². The molecule has 1 unspecified atom stereocenters. The molecule has 4 aromatic rings. The Labute approximate surface area is 243 Å². The first-order valence-electron chi connectivity index (χ1n) is 12.8.